The number of hydrogen-bond donors (Lipinski definition) is 2. The Kier molecular flexibility index (Phi) is 7.41. The number of rotatable bonds is 9. The standard InChI is InChI=1S/C22H20ClF2N7O4/c1-35-21(34)15(26)5-8-31-11-16(29-20(33)14-10-28-32-7-2-6-27-19(14)32)18(30-31)13-9-12(23)3-4-17(13)36-22(24)25/h2-4,6-7,9-11,15,22H,5,8,26H2,1H3,(H,29,33). The maximum atomic E-state index is 13.1. The van der Waals surface area contributed by atoms with Crippen molar-refractivity contribution in [3.05, 3.63) is 59.6 Å². The Hall–Kier alpha value is -4.10. The van der Waals surface area contributed by atoms with Crippen LogP contribution in [0.1, 0.15) is 16.8 Å². The summed E-state index contributed by atoms with van der Waals surface area (Å²) in [5.74, 6) is -1.35. The van der Waals surface area contributed by atoms with E-state index in [0.717, 1.165) is 0 Å². The number of nitrogens with one attached hydrogen (secondary N) is 1. The highest BCUT2D eigenvalue weighted by Gasteiger charge is 2.23. The first-order valence-corrected chi connectivity index (χ1v) is 10.9. The lowest BCUT2D eigenvalue weighted by atomic mass is 10.1. The van der Waals surface area contributed by atoms with Crippen LogP contribution in [0, 0.1) is 0 Å². The van der Waals surface area contributed by atoms with Gasteiger partial charge in [0, 0.05) is 35.7 Å². The molecule has 0 aliphatic rings. The van der Waals surface area contributed by atoms with E-state index in [2.05, 4.69) is 30.0 Å². The number of alkyl halides is 2. The molecule has 1 aromatic carbocycles. The molecular weight excluding hydrogens is 500 g/mol. The second-order valence-electron chi connectivity index (χ2n) is 7.49. The van der Waals surface area contributed by atoms with Crippen molar-refractivity contribution in [3.63, 3.8) is 0 Å². The highest BCUT2D eigenvalue weighted by molar-refractivity contribution is 6.31. The van der Waals surface area contributed by atoms with Gasteiger partial charge in [-0.05, 0) is 30.7 Å². The minimum absolute atomic E-state index is 0.109. The van der Waals surface area contributed by atoms with Crippen molar-refractivity contribution in [2.75, 3.05) is 12.4 Å². The minimum Gasteiger partial charge on any atom is -0.468 e. The van der Waals surface area contributed by atoms with E-state index in [1.54, 1.807) is 12.3 Å². The lowest BCUT2D eigenvalue weighted by Crippen LogP contribution is -2.32. The van der Waals surface area contributed by atoms with Crippen molar-refractivity contribution in [3.8, 4) is 17.0 Å². The summed E-state index contributed by atoms with van der Waals surface area (Å²) in [5.41, 5.74) is 6.70. The maximum Gasteiger partial charge on any atom is 0.387 e. The number of hydrogen-bond acceptors (Lipinski definition) is 8. The fourth-order valence-corrected chi connectivity index (χ4v) is 3.60. The summed E-state index contributed by atoms with van der Waals surface area (Å²) >= 11 is 6.12. The van der Waals surface area contributed by atoms with Crippen LogP contribution in [0.25, 0.3) is 16.9 Å². The maximum absolute atomic E-state index is 13.1. The van der Waals surface area contributed by atoms with Crippen LogP contribution in [0.2, 0.25) is 5.02 Å². The van der Waals surface area contributed by atoms with Gasteiger partial charge >= 0.3 is 12.6 Å². The molecule has 1 amide bonds. The molecule has 0 radical (unpaired) electrons. The number of methoxy groups -OCH3 is 1. The summed E-state index contributed by atoms with van der Waals surface area (Å²) in [5, 5.41) is 11.5. The molecule has 1 unspecified atom stereocenters. The van der Waals surface area contributed by atoms with Crippen molar-refractivity contribution in [2.24, 2.45) is 5.73 Å². The summed E-state index contributed by atoms with van der Waals surface area (Å²) in [7, 11) is 1.22. The molecule has 3 N–H and O–H groups in total. The molecule has 3 aromatic heterocycles. The number of carbonyl (C=O) groups excluding carboxylic acids is 2. The molecule has 14 heteroatoms. The Morgan fingerprint density at radius 3 is 2.86 bits per heavy atom. The molecule has 36 heavy (non-hydrogen) atoms. The highest BCUT2D eigenvalue weighted by atomic mass is 35.5. The van der Waals surface area contributed by atoms with E-state index in [9.17, 15) is 18.4 Å². The number of fused-ring (bicyclic) bond motifs is 1. The fraction of sp³-hybridized carbons (Fsp3) is 0.227. The molecule has 0 aliphatic heterocycles. The lowest BCUT2D eigenvalue weighted by molar-refractivity contribution is -0.142. The predicted molar refractivity (Wildman–Crippen MR) is 125 cm³/mol. The summed E-state index contributed by atoms with van der Waals surface area (Å²) in [6.07, 6.45) is 6.13. The summed E-state index contributed by atoms with van der Waals surface area (Å²) in [6, 6.07) is 4.80. The molecule has 4 rings (SSSR count). The SMILES string of the molecule is COC(=O)C(N)CCn1cc(NC(=O)c2cnn3cccnc23)c(-c2cc(Cl)ccc2OC(F)F)n1. The van der Waals surface area contributed by atoms with Crippen molar-refractivity contribution in [1.82, 2.24) is 24.4 Å². The first-order chi connectivity index (χ1) is 17.3. The molecule has 0 spiro atoms. The summed E-state index contributed by atoms with van der Waals surface area (Å²) in [4.78, 5) is 28.9. The van der Waals surface area contributed by atoms with Gasteiger partial charge in [0.1, 0.15) is 23.0 Å². The zero-order valence-corrected chi connectivity index (χ0v) is 19.5. The third-order valence-corrected chi connectivity index (χ3v) is 5.35. The summed E-state index contributed by atoms with van der Waals surface area (Å²) in [6.45, 7) is -2.95. The van der Waals surface area contributed by atoms with Crippen LogP contribution in [0.4, 0.5) is 14.5 Å². The molecule has 0 fully saturated rings. The van der Waals surface area contributed by atoms with Crippen LogP contribution in [0.3, 0.4) is 0 Å². The molecule has 11 nitrogen and oxygen atoms in total. The number of aryl methyl sites for hydroxylation is 1. The Bertz CT molecular complexity index is 1410. The molecule has 4 aromatic rings. The van der Waals surface area contributed by atoms with Gasteiger partial charge in [0.15, 0.2) is 5.65 Å². The van der Waals surface area contributed by atoms with Gasteiger partial charge in [-0.2, -0.15) is 19.0 Å². The molecule has 1 atom stereocenters. The Labute approximate surface area is 207 Å². The third kappa shape index (κ3) is 5.42. The van der Waals surface area contributed by atoms with Gasteiger partial charge in [-0.1, -0.05) is 11.6 Å². The number of halogens is 3. The molecule has 0 bridgehead atoms. The second-order valence-corrected chi connectivity index (χ2v) is 7.93. The van der Waals surface area contributed by atoms with Crippen LogP contribution in [-0.4, -0.2) is 56.0 Å². The van der Waals surface area contributed by atoms with Crippen molar-refractivity contribution in [2.45, 2.75) is 25.6 Å². The van der Waals surface area contributed by atoms with Crippen molar-refractivity contribution >= 4 is 34.8 Å². The molecule has 0 saturated carbocycles. The zero-order chi connectivity index (χ0) is 25.8. The quantitative estimate of drug-likeness (QED) is 0.322. The number of anilines is 1. The second kappa shape index (κ2) is 10.7. The number of nitrogens with two attached hydrogens (primary N) is 1. The first kappa shape index (κ1) is 25.0. The van der Waals surface area contributed by atoms with Gasteiger partial charge in [0.2, 0.25) is 0 Å². The van der Waals surface area contributed by atoms with Crippen LogP contribution < -0.4 is 15.8 Å². The molecular formula is C22H20ClF2N7O4. The van der Waals surface area contributed by atoms with Gasteiger partial charge in [-0.25, -0.2) is 9.50 Å². The Morgan fingerprint density at radius 2 is 2.11 bits per heavy atom. The Morgan fingerprint density at radius 1 is 1.31 bits per heavy atom. The normalized spacial score (nSPS) is 12.1. The molecule has 0 saturated heterocycles. The largest absolute Gasteiger partial charge is 0.468 e. The van der Waals surface area contributed by atoms with Crippen molar-refractivity contribution < 1.29 is 27.8 Å². The number of amides is 1. The molecule has 3 heterocycles. The van der Waals surface area contributed by atoms with E-state index in [0.29, 0.717) is 5.65 Å². The van der Waals surface area contributed by atoms with Gasteiger partial charge in [-0.3, -0.25) is 14.3 Å². The minimum atomic E-state index is -3.10. The van der Waals surface area contributed by atoms with E-state index < -0.39 is 24.5 Å². The van der Waals surface area contributed by atoms with Crippen LogP contribution in [-0.2, 0) is 16.1 Å². The topological polar surface area (TPSA) is 139 Å². The van der Waals surface area contributed by atoms with Crippen molar-refractivity contribution in [1.29, 1.82) is 0 Å². The number of aromatic nitrogens is 5. The zero-order valence-electron chi connectivity index (χ0n) is 18.8. The average molecular weight is 520 g/mol. The number of esters is 1. The van der Waals surface area contributed by atoms with Crippen LogP contribution in [0.15, 0.2) is 49.1 Å². The van der Waals surface area contributed by atoms with E-state index in [-0.39, 0.29) is 46.2 Å². The lowest BCUT2D eigenvalue weighted by Gasteiger charge is -2.11. The van der Waals surface area contributed by atoms with Gasteiger partial charge in [0.25, 0.3) is 5.91 Å². The van der Waals surface area contributed by atoms with Gasteiger partial charge in [-0.15, -0.1) is 0 Å². The summed E-state index contributed by atoms with van der Waals surface area (Å²) < 4.78 is 38.2. The smallest absolute Gasteiger partial charge is 0.387 e. The predicted octanol–water partition coefficient (Wildman–Crippen LogP) is 2.99. The molecule has 0 aliphatic carbocycles. The van der Waals surface area contributed by atoms with E-state index in [1.807, 2.05) is 0 Å². The molecule has 188 valence electrons. The van der Waals surface area contributed by atoms with Gasteiger partial charge in [0.05, 0.1) is 19.0 Å². The number of ether oxygens (including phenoxy) is 2. The van der Waals surface area contributed by atoms with Gasteiger partial charge < -0.3 is 20.5 Å². The number of nitrogens with zero attached hydrogens (tertiary/aromatic N) is 5. The monoisotopic (exact) mass is 519 g/mol. The average Bonchev–Trinajstić information content (AvgIpc) is 3.47. The Balaban J connectivity index is 1.72. The van der Waals surface area contributed by atoms with Crippen LogP contribution in [0.5, 0.6) is 5.75 Å². The first-order valence-electron chi connectivity index (χ1n) is 10.5. The van der Waals surface area contributed by atoms with E-state index in [4.69, 9.17) is 17.3 Å². The van der Waals surface area contributed by atoms with Crippen LogP contribution >= 0.6 is 11.6 Å². The fourth-order valence-electron chi connectivity index (χ4n) is 3.43. The number of carbonyl (C=O) groups is 2. The van der Waals surface area contributed by atoms with E-state index >= 15 is 0 Å². The van der Waals surface area contributed by atoms with E-state index in [1.165, 1.54) is 53.1 Å². The third-order valence-electron chi connectivity index (χ3n) is 5.12. The highest BCUT2D eigenvalue weighted by Crippen LogP contribution is 2.37. The number of benzene rings is 1.